The van der Waals surface area contributed by atoms with Crippen LogP contribution in [0.25, 0.3) is 0 Å². The number of thiophene rings is 1. The summed E-state index contributed by atoms with van der Waals surface area (Å²) < 4.78 is 5.29. The van der Waals surface area contributed by atoms with Crippen molar-refractivity contribution in [2.45, 2.75) is 19.0 Å². The maximum Gasteiger partial charge on any atom is 0.249 e. The molecular weight excluding hydrogens is 324 g/mol. The van der Waals surface area contributed by atoms with Gasteiger partial charge in [-0.1, -0.05) is 36.4 Å². The largest absolute Gasteiger partial charge is 0.369 e. The molecule has 3 rings (SSSR count). The van der Waals surface area contributed by atoms with Crippen LogP contribution in [0, 0.1) is 0 Å². The SMILES string of the molecule is O=C(NCCc1cccs1)[C@H]1COCC(=O)N1Cc1ccccc1. The predicted molar refractivity (Wildman–Crippen MR) is 92.6 cm³/mol. The zero-order valence-corrected chi connectivity index (χ0v) is 14.1. The van der Waals surface area contributed by atoms with Crippen LogP contribution in [0.5, 0.6) is 0 Å². The summed E-state index contributed by atoms with van der Waals surface area (Å²) in [6, 6.07) is 13.2. The van der Waals surface area contributed by atoms with E-state index in [2.05, 4.69) is 5.32 Å². The van der Waals surface area contributed by atoms with Gasteiger partial charge < -0.3 is 15.0 Å². The minimum absolute atomic E-state index is 0.0335. The maximum absolute atomic E-state index is 12.5. The molecule has 1 atom stereocenters. The fraction of sp³-hybridized carbons (Fsp3) is 0.333. The molecule has 1 aliphatic rings. The summed E-state index contributed by atoms with van der Waals surface area (Å²) in [7, 11) is 0. The average molecular weight is 344 g/mol. The lowest BCUT2D eigenvalue weighted by molar-refractivity contribution is -0.155. The van der Waals surface area contributed by atoms with Gasteiger partial charge in [0.2, 0.25) is 11.8 Å². The van der Waals surface area contributed by atoms with Gasteiger partial charge in [0.15, 0.2) is 0 Å². The van der Waals surface area contributed by atoms with E-state index in [1.807, 2.05) is 47.8 Å². The van der Waals surface area contributed by atoms with Crippen LogP contribution in [-0.4, -0.2) is 42.5 Å². The van der Waals surface area contributed by atoms with Crippen molar-refractivity contribution >= 4 is 23.2 Å². The topological polar surface area (TPSA) is 58.6 Å². The van der Waals surface area contributed by atoms with E-state index >= 15 is 0 Å². The van der Waals surface area contributed by atoms with E-state index in [4.69, 9.17) is 4.74 Å². The van der Waals surface area contributed by atoms with Crippen LogP contribution in [-0.2, 0) is 27.3 Å². The number of nitrogens with zero attached hydrogens (tertiary/aromatic N) is 1. The predicted octanol–water partition coefficient (Wildman–Crippen LogP) is 1.83. The van der Waals surface area contributed by atoms with Gasteiger partial charge in [0.1, 0.15) is 12.6 Å². The monoisotopic (exact) mass is 344 g/mol. The van der Waals surface area contributed by atoms with E-state index in [1.54, 1.807) is 16.2 Å². The Bertz CT molecular complexity index is 673. The smallest absolute Gasteiger partial charge is 0.249 e. The molecule has 0 aliphatic carbocycles. The molecule has 1 aliphatic heterocycles. The van der Waals surface area contributed by atoms with Gasteiger partial charge in [-0.25, -0.2) is 0 Å². The highest BCUT2D eigenvalue weighted by Gasteiger charge is 2.33. The van der Waals surface area contributed by atoms with Crippen molar-refractivity contribution in [3.63, 3.8) is 0 Å². The van der Waals surface area contributed by atoms with Crippen LogP contribution in [0.2, 0.25) is 0 Å². The first-order chi connectivity index (χ1) is 11.7. The van der Waals surface area contributed by atoms with E-state index in [0.29, 0.717) is 13.1 Å². The molecule has 2 amide bonds. The molecule has 0 saturated carbocycles. The molecule has 6 heteroatoms. The highest BCUT2D eigenvalue weighted by molar-refractivity contribution is 7.09. The van der Waals surface area contributed by atoms with Crippen LogP contribution in [0.15, 0.2) is 47.8 Å². The number of rotatable bonds is 6. The van der Waals surface area contributed by atoms with Crippen LogP contribution < -0.4 is 5.32 Å². The van der Waals surface area contributed by atoms with E-state index < -0.39 is 6.04 Å². The van der Waals surface area contributed by atoms with Gasteiger partial charge in [-0.05, 0) is 23.4 Å². The standard InChI is InChI=1S/C18H20N2O3S/c21-17-13-23-12-16(20(17)11-14-5-2-1-3-6-14)18(22)19-9-8-15-7-4-10-24-15/h1-7,10,16H,8-9,11-13H2,(H,19,22)/t16-/m1/s1. The molecule has 0 unspecified atom stereocenters. The zero-order chi connectivity index (χ0) is 16.8. The summed E-state index contributed by atoms with van der Waals surface area (Å²) in [6.07, 6.45) is 0.795. The molecular formula is C18H20N2O3S. The second-order valence-corrected chi connectivity index (χ2v) is 6.69. The number of nitrogens with one attached hydrogen (secondary N) is 1. The third-order valence-corrected chi connectivity index (χ3v) is 4.88. The fourth-order valence-electron chi connectivity index (χ4n) is 2.68. The fourth-order valence-corrected chi connectivity index (χ4v) is 3.39. The van der Waals surface area contributed by atoms with Gasteiger partial charge in [0.05, 0.1) is 6.61 Å². The Labute approximate surface area is 145 Å². The van der Waals surface area contributed by atoms with Crippen molar-refractivity contribution in [1.29, 1.82) is 0 Å². The number of morpholine rings is 1. The molecule has 0 radical (unpaired) electrons. The minimum atomic E-state index is -0.574. The first-order valence-electron chi connectivity index (χ1n) is 7.95. The van der Waals surface area contributed by atoms with Gasteiger partial charge in [-0.15, -0.1) is 11.3 Å². The Hall–Kier alpha value is -2.18. The Kier molecular flexibility index (Phi) is 5.61. The number of amides is 2. The van der Waals surface area contributed by atoms with E-state index in [1.165, 1.54) is 4.88 Å². The summed E-state index contributed by atoms with van der Waals surface area (Å²) in [5.74, 6) is -0.306. The number of hydrogen-bond acceptors (Lipinski definition) is 4. The van der Waals surface area contributed by atoms with Gasteiger partial charge in [0, 0.05) is 18.0 Å². The first-order valence-corrected chi connectivity index (χ1v) is 8.83. The summed E-state index contributed by atoms with van der Waals surface area (Å²) in [6.45, 7) is 1.25. The van der Waals surface area contributed by atoms with E-state index in [0.717, 1.165) is 12.0 Å². The van der Waals surface area contributed by atoms with Gasteiger partial charge in [-0.2, -0.15) is 0 Å². The summed E-state index contributed by atoms with van der Waals surface area (Å²) in [4.78, 5) is 27.5. The Morgan fingerprint density at radius 3 is 2.83 bits per heavy atom. The number of hydrogen-bond donors (Lipinski definition) is 1. The van der Waals surface area contributed by atoms with E-state index in [9.17, 15) is 9.59 Å². The van der Waals surface area contributed by atoms with Crippen LogP contribution >= 0.6 is 11.3 Å². The maximum atomic E-state index is 12.5. The lowest BCUT2D eigenvalue weighted by Crippen LogP contribution is -2.56. The number of benzene rings is 1. The van der Waals surface area contributed by atoms with Crippen molar-refractivity contribution in [3.05, 3.63) is 58.3 Å². The average Bonchev–Trinajstić information content (AvgIpc) is 3.11. The molecule has 1 aromatic heterocycles. The zero-order valence-electron chi connectivity index (χ0n) is 13.3. The Morgan fingerprint density at radius 2 is 2.08 bits per heavy atom. The quantitative estimate of drug-likeness (QED) is 0.870. The van der Waals surface area contributed by atoms with Gasteiger partial charge >= 0.3 is 0 Å². The van der Waals surface area contributed by atoms with E-state index in [-0.39, 0.29) is 25.0 Å². The minimum Gasteiger partial charge on any atom is -0.369 e. The number of carbonyl (C=O) groups excluding carboxylic acids is 2. The van der Waals surface area contributed by atoms with Crippen molar-refractivity contribution < 1.29 is 14.3 Å². The third kappa shape index (κ3) is 4.21. The van der Waals surface area contributed by atoms with Crippen molar-refractivity contribution in [2.24, 2.45) is 0 Å². The van der Waals surface area contributed by atoms with Crippen molar-refractivity contribution in [1.82, 2.24) is 10.2 Å². The van der Waals surface area contributed by atoms with Crippen molar-refractivity contribution in [3.8, 4) is 0 Å². The molecule has 1 N–H and O–H groups in total. The summed E-state index contributed by atoms with van der Waals surface area (Å²) >= 11 is 1.67. The van der Waals surface area contributed by atoms with Gasteiger partial charge in [0.25, 0.3) is 0 Å². The lowest BCUT2D eigenvalue weighted by atomic mass is 10.1. The highest BCUT2D eigenvalue weighted by atomic mass is 32.1. The van der Waals surface area contributed by atoms with Crippen LogP contribution in [0.1, 0.15) is 10.4 Å². The molecule has 24 heavy (non-hydrogen) atoms. The van der Waals surface area contributed by atoms with Crippen LogP contribution in [0.4, 0.5) is 0 Å². The molecule has 2 heterocycles. The van der Waals surface area contributed by atoms with Crippen molar-refractivity contribution in [2.75, 3.05) is 19.8 Å². The second kappa shape index (κ2) is 8.08. The molecule has 0 bridgehead atoms. The molecule has 1 aromatic carbocycles. The normalized spacial score (nSPS) is 17.8. The second-order valence-electron chi connectivity index (χ2n) is 5.66. The third-order valence-electron chi connectivity index (χ3n) is 3.95. The Morgan fingerprint density at radius 1 is 1.25 bits per heavy atom. The molecule has 1 fully saturated rings. The molecule has 1 saturated heterocycles. The summed E-state index contributed by atoms with van der Waals surface area (Å²) in [5.41, 5.74) is 1.00. The Balaban J connectivity index is 1.60. The molecule has 126 valence electrons. The first kappa shape index (κ1) is 16.7. The number of carbonyl (C=O) groups is 2. The lowest BCUT2D eigenvalue weighted by Gasteiger charge is -2.34. The van der Waals surface area contributed by atoms with Crippen LogP contribution in [0.3, 0.4) is 0 Å². The number of ether oxygens (including phenoxy) is 1. The summed E-state index contributed by atoms with van der Waals surface area (Å²) in [5, 5.41) is 4.94. The van der Waals surface area contributed by atoms with Gasteiger partial charge in [-0.3, -0.25) is 9.59 Å². The highest BCUT2D eigenvalue weighted by Crippen LogP contribution is 2.14. The molecule has 5 nitrogen and oxygen atoms in total. The molecule has 2 aromatic rings. The molecule has 0 spiro atoms.